The first-order chi connectivity index (χ1) is 12.1. The topological polar surface area (TPSA) is 106 Å². The number of pyridine rings is 1. The average molecular weight is 342 g/mol. The molecule has 7 heteroatoms. The van der Waals surface area contributed by atoms with Crippen LogP contribution in [0.15, 0.2) is 48.7 Å². The summed E-state index contributed by atoms with van der Waals surface area (Å²) >= 11 is 0. The number of nitrogens with zero attached hydrogens (tertiary/aromatic N) is 1. The fourth-order valence-electron chi connectivity index (χ4n) is 2.26. The first-order valence-electron chi connectivity index (χ1n) is 8.05. The van der Waals surface area contributed by atoms with Gasteiger partial charge in [0.15, 0.2) is 0 Å². The van der Waals surface area contributed by atoms with Crippen LogP contribution in [0.3, 0.4) is 0 Å². The van der Waals surface area contributed by atoms with E-state index < -0.39 is 17.9 Å². The first-order valence-corrected chi connectivity index (χ1v) is 8.05. The van der Waals surface area contributed by atoms with E-state index in [1.807, 2.05) is 31.2 Å². The smallest absolute Gasteiger partial charge is 0.320 e. The minimum atomic E-state index is -0.507. The summed E-state index contributed by atoms with van der Waals surface area (Å²) in [4.78, 5) is 27.5. The molecule has 1 aromatic heterocycles. The number of nitrogens with two attached hydrogens (primary N) is 1. The van der Waals surface area contributed by atoms with Crippen molar-refractivity contribution in [3.05, 3.63) is 54.2 Å². The molecule has 0 spiro atoms. The summed E-state index contributed by atoms with van der Waals surface area (Å²) in [5.41, 5.74) is 6.40. The highest BCUT2D eigenvalue weighted by Crippen LogP contribution is 2.15. The van der Waals surface area contributed by atoms with E-state index in [-0.39, 0.29) is 6.54 Å². The quantitative estimate of drug-likeness (QED) is 0.681. The number of ether oxygens (including phenoxy) is 1. The number of hydrogen-bond donors (Lipinski definition) is 3. The van der Waals surface area contributed by atoms with Gasteiger partial charge in [-0.05, 0) is 43.2 Å². The highest BCUT2D eigenvalue weighted by molar-refractivity contribution is 5.88. The van der Waals surface area contributed by atoms with E-state index in [0.29, 0.717) is 18.8 Å². The molecule has 1 heterocycles. The van der Waals surface area contributed by atoms with Crippen LogP contribution in [0.1, 0.15) is 12.5 Å². The van der Waals surface area contributed by atoms with Crippen molar-refractivity contribution in [1.82, 2.24) is 10.3 Å². The van der Waals surface area contributed by atoms with Crippen LogP contribution in [-0.2, 0) is 11.2 Å². The largest absolute Gasteiger partial charge is 0.494 e. The number of benzene rings is 1. The van der Waals surface area contributed by atoms with Gasteiger partial charge < -0.3 is 15.8 Å². The summed E-state index contributed by atoms with van der Waals surface area (Å²) in [5.74, 6) is 0.233. The van der Waals surface area contributed by atoms with Gasteiger partial charge in [0, 0.05) is 12.7 Å². The van der Waals surface area contributed by atoms with Crippen molar-refractivity contribution >= 4 is 17.8 Å². The molecule has 2 aromatic rings. The number of amides is 3. The van der Waals surface area contributed by atoms with Crippen molar-refractivity contribution in [2.24, 2.45) is 11.7 Å². The Hall–Kier alpha value is -3.09. The third-order valence-corrected chi connectivity index (χ3v) is 3.53. The summed E-state index contributed by atoms with van der Waals surface area (Å²) < 4.78 is 5.39. The lowest BCUT2D eigenvalue weighted by Gasteiger charge is -2.15. The number of urea groups is 1. The summed E-state index contributed by atoms with van der Waals surface area (Å²) in [7, 11) is 0. The molecule has 7 nitrogen and oxygen atoms in total. The van der Waals surface area contributed by atoms with Crippen LogP contribution in [0.25, 0.3) is 0 Å². The molecule has 3 amide bonds. The zero-order valence-corrected chi connectivity index (χ0v) is 14.1. The Morgan fingerprint density at radius 3 is 2.56 bits per heavy atom. The second-order valence-corrected chi connectivity index (χ2v) is 5.43. The molecule has 0 unspecified atom stereocenters. The molecule has 2 rings (SSSR count). The van der Waals surface area contributed by atoms with E-state index in [1.54, 1.807) is 24.4 Å². The Morgan fingerprint density at radius 2 is 1.96 bits per heavy atom. The number of carbonyl (C=O) groups excluding carboxylic acids is 2. The van der Waals surface area contributed by atoms with Gasteiger partial charge in [-0.25, -0.2) is 9.78 Å². The van der Waals surface area contributed by atoms with Gasteiger partial charge in [0.1, 0.15) is 11.6 Å². The Morgan fingerprint density at radius 1 is 1.20 bits per heavy atom. The van der Waals surface area contributed by atoms with Gasteiger partial charge in [0.05, 0.1) is 12.5 Å². The van der Waals surface area contributed by atoms with E-state index in [4.69, 9.17) is 10.5 Å². The molecule has 0 saturated carbocycles. The van der Waals surface area contributed by atoms with Gasteiger partial charge >= 0.3 is 6.03 Å². The van der Waals surface area contributed by atoms with Crippen LogP contribution < -0.4 is 21.1 Å². The molecule has 132 valence electrons. The normalized spacial score (nSPS) is 11.4. The van der Waals surface area contributed by atoms with Crippen LogP contribution in [-0.4, -0.2) is 30.1 Å². The van der Waals surface area contributed by atoms with Crippen LogP contribution in [0.5, 0.6) is 5.75 Å². The molecule has 1 aromatic carbocycles. The predicted molar refractivity (Wildman–Crippen MR) is 95.3 cm³/mol. The SMILES string of the molecule is CCOc1ccc(C[C@@H](CNC(=O)Nc2ccccn2)C(N)=O)cc1. The van der Waals surface area contributed by atoms with Gasteiger partial charge in [-0.15, -0.1) is 0 Å². The van der Waals surface area contributed by atoms with Crippen LogP contribution >= 0.6 is 0 Å². The molecule has 0 saturated heterocycles. The minimum Gasteiger partial charge on any atom is -0.494 e. The van der Waals surface area contributed by atoms with Crippen molar-refractivity contribution in [1.29, 1.82) is 0 Å². The maximum Gasteiger partial charge on any atom is 0.320 e. The number of hydrogen-bond acceptors (Lipinski definition) is 4. The Kier molecular flexibility index (Phi) is 6.76. The lowest BCUT2D eigenvalue weighted by molar-refractivity contribution is -0.121. The first kappa shape index (κ1) is 18.3. The summed E-state index contributed by atoms with van der Waals surface area (Å²) in [6.45, 7) is 2.65. The zero-order chi connectivity index (χ0) is 18.1. The molecular weight excluding hydrogens is 320 g/mol. The molecule has 25 heavy (non-hydrogen) atoms. The molecule has 0 bridgehead atoms. The van der Waals surface area contributed by atoms with E-state index in [0.717, 1.165) is 11.3 Å². The Bertz CT molecular complexity index is 689. The molecule has 0 radical (unpaired) electrons. The predicted octanol–water partition coefficient (Wildman–Crippen LogP) is 1.95. The molecule has 0 aliphatic carbocycles. The van der Waals surface area contributed by atoms with Crippen LogP contribution in [0, 0.1) is 5.92 Å². The van der Waals surface area contributed by atoms with Gasteiger partial charge in [-0.2, -0.15) is 0 Å². The number of anilines is 1. The lowest BCUT2D eigenvalue weighted by atomic mass is 9.98. The Balaban J connectivity index is 1.87. The van der Waals surface area contributed by atoms with Crippen LogP contribution in [0.2, 0.25) is 0 Å². The Labute approximate surface area is 146 Å². The summed E-state index contributed by atoms with van der Waals surface area (Å²) in [5, 5.41) is 5.24. The van der Waals surface area contributed by atoms with Crippen molar-refractivity contribution in [3.63, 3.8) is 0 Å². The standard InChI is InChI=1S/C18H22N4O3/c1-2-25-15-8-6-13(7-9-15)11-14(17(19)23)12-21-18(24)22-16-5-3-4-10-20-16/h3-10,14H,2,11-12H2,1H3,(H2,19,23)(H2,20,21,22,24)/t14-/m0/s1. The molecule has 0 aliphatic rings. The maximum absolute atomic E-state index is 11.9. The number of aromatic nitrogens is 1. The minimum absolute atomic E-state index is 0.140. The van der Waals surface area contributed by atoms with Crippen molar-refractivity contribution in [3.8, 4) is 5.75 Å². The molecular formula is C18H22N4O3. The van der Waals surface area contributed by atoms with Crippen molar-refractivity contribution < 1.29 is 14.3 Å². The summed E-state index contributed by atoms with van der Waals surface area (Å²) in [6.07, 6.45) is 2.01. The number of rotatable bonds is 8. The van der Waals surface area contributed by atoms with E-state index in [9.17, 15) is 9.59 Å². The molecule has 0 fully saturated rings. The van der Waals surface area contributed by atoms with Gasteiger partial charge in [0.2, 0.25) is 5.91 Å². The molecule has 4 N–H and O–H groups in total. The number of carbonyl (C=O) groups is 2. The van der Waals surface area contributed by atoms with Crippen molar-refractivity contribution in [2.45, 2.75) is 13.3 Å². The fourth-order valence-corrected chi connectivity index (χ4v) is 2.26. The van der Waals surface area contributed by atoms with E-state index in [1.165, 1.54) is 0 Å². The second-order valence-electron chi connectivity index (χ2n) is 5.43. The van der Waals surface area contributed by atoms with E-state index >= 15 is 0 Å². The van der Waals surface area contributed by atoms with Gasteiger partial charge in [-0.3, -0.25) is 10.1 Å². The van der Waals surface area contributed by atoms with Crippen molar-refractivity contribution in [2.75, 3.05) is 18.5 Å². The monoisotopic (exact) mass is 342 g/mol. The summed E-state index contributed by atoms with van der Waals surface area (Å²) in [6, 6.07) is 12.2. The second kappa shape index (κ2) is 9.27. The number of primary amides is 1. The highest BCUT2D eigenvalue weighted by atomic mass is 16.5. The van der Waals surface area contributed by atoms with Gasteiger partial charge in [0.25, 0.3) is 0 Å². The third kappa shape index (κ3) is 6.14. The molecule has 1 atom stereocenters. The lowest BCUT2D eigenvalue weighted by Crippen LogP contribution is -2.39. The molecule has 0 aliphatic heterocycles. The zero-order valence-electron chi connectivity index (χ0n) is 14.1. The van der Waals surface area contributed by atoms with Crippen LogP contribution in [0.4, 0.5) is 10.6 Å². The fraction of sp³-hybridized carbons (Fsp3) is 0.278. The maximum atomic E-state index is 11.9. The average Bonchev–Trinajstić information content (AvgIpc) is 2.61. The third-order valence-electron chi connectivity index (χ3n) is 3.53. The highest BCUT2D eigenvalue weighted by Gasteiger charge is 2.17. The number of nitrogens with one attached hydrogen (secondary N) is 2. The van der Waals surface area contributed by atoms with E-state index in [2.05, 4.69) is 15.6 Å². The van der Waals surface area contributed by atoms with Gasteiger partial charge in [-0.1, -0.05) is 18.2 Å².